The van der Waals surface area contributed by atoms with E-state index >= 15 is 0 Å². The van der Waals surface area contributed by atoms with Gasteiger partial charge in [-0.3, -0.25) is 0 Å². The number of nitriles is 1. The van der Waals surface area contributed by atoms with Gasteiger partial charge in [-0.15, -0.1) is 0 Å². The first kappa shape index (κ1) is 37.0. The number of aromatic nitrogens is 3. The maximum atomic E-state index is 10.9. The molecule has 0 unspecified atom stereocenters. The number of furan rings is 1. The Hall–Kier alpha value is -8.85. The van der Waals surface area contributed by atoms with Gasteiger partial charge in [0, 0.05) is 49.4 Å². The molecule has 0 atom stereocenters. The van der Waals surface area contributed by atoms with E-state index in [2.05, 4.69) is 156 Å². The normalized spacial score (nSPS) is 11.4. The van der Waals surface area contributed by atoms with Crippen LogP contribution in [0.15, 0.2) is 223 Å². The van der Waals surface area contributed by atoms with E-state index in [9.17, 15) is 5.26 Å². The second-order valence-corrected chi connectivity index (χ2v) is 16.0. The molecule has 0 bridgehead atoms. The van der Waals surface area contributed by atoms with Gasteiger partial charge < -0.3 is 8.98 Å². The highest BCUT2D eigenvalue weighted by Crippen LogP contribution is 2.47. The van der Waals surface area contributed by atoms with Gasteiger partial charge in [-0.05, 0) is 46.5 Å². The smallest absolute Gasteiger partial charge is 0.162 e. The summed E-state index contributed by atoms with van der Waals surface area (Å²) >= 11 is 0. The van der Waals surface area contributed by atoms with Crippen molar-refractivity contribution in [3.8, 4) is 79.0 Å². The van der Waals surface area contributed by atoms with Gasteiger partial charge in [-0.2, -0.15) is 5.26 Å². The molecule has 5 nitrogen and oxygen atoms in total. The first-order valence-corrected chi connectivity index (χ1v) is 21.4. The third-order valence-corrected chi connectivity index (χ3v) is 12.3. The molecule has 12 aromatic rings. The maximum Gasteiger partial charge on any atom is 0.162 e. The molecule has 0 aliphatic carbocycles. The second kappa shape index (κ2) is 15.3. The third-order valence-electron chi connectivity index (χ3n) is 12.3. The molecule has 0 N–H and O–H groups in total. The Morgan fingerprint density at radius 1 is 0.391 bits per heavy atom. The van der Waals surface area contributed by atoms with Gasteiger partial charge >= 0.3 is 0 Å². The van der Waals surface area contributed by atoms with Gasteiger partial charge in [-0.1, -0.05) is 194 Å². The molecular formula is C59H36N4O. The van der Waals surface area contributed by atoms with E-state index < -0.39 is 0 Å². The number of nitrogens with zero attached hydrogens (tertiary/aromatic N) is 4. The average molecular weight is 817 g/mol. The Kier molecular flexibility index (Phi) is 8.81. The zero-order valence-corrected chi connectivity index (χ0v) is 34.5. The summed E-state index contributed by atoms with van der Waals surface area (Å²) in [5.41, 5.74) is 14.7. The molecule has 0 saturated heterocycles. The van der Waals surface area contributed by atoms with E-state index in [4.69, 9.17) is 14.4 Å². The Labute approximate surface area is 369 Å². The molecule has 3 heterocycles. The van der Waals surface area contributed by atoms with Gasteiger partial charge in [0.1, 0.15) is 17.2 Å². The van der Waals surface area contributed by atoms with Crippen LogP contribution in [0.1, 0.15) is 5.56 Å². The average Bonchev–Trinajstić information content (AvgIpc) is 3.93. The number of hydrogen-bond acceptors (Lipinski definition) is 4. The predicted octanol–water partition coefficient (Wildman–Crippen LogP) is 15.3. The van der Waals surface area contributed by atoms with E-state index in [0.717, 1.165) is 99.5 Å². The van der Waals surface area contributed by atoms with E-state index in [-0.39, 0.29) is 0 Å². The lowest BCUT2D eigenvalue weighted by Gasteiger charge is -2.21. The molecule has 3 aromatic heterocycles. The molecule has 0 fully saturated rings. The minimum atomic E-state index is 0.417. The minimum absolute atomic E-state index is 0.417. The Morgan fingerprint density at radius 2 is 0.875 bits per heavy atom. The van der Waals surface area contributed by atoms with E-state index in [1.165, 1.54) is 0 Å². The van der Waals surface area contributed by atoms with Crippen LogP contribution < -0.4 is 0 Å². The minimum Gasteiger partial charge on any atom is -0.453 e. The lowest BCUT2D eigenvalue weighted by molar-refractivity contribution is 0.672. The van der Waals surface area contributed by atoms with E-state index in [0.29, 0.717) is 22.8 Å². The molecule has 64 heavy (non-hydrogen) atoms. The van der Waals surface area contributed by atoms with Crippen LogP contribution in [-0.2, 0) is 0 Å². The Morgan fingerprint density at radius 3 is 1.48 bits per heavy atom. The SMILES string of the molecule is N#Cc1c(-c2ccccc2)nc(-c2cc(-c3ccccc3)cc(-c3ccccc3)c2-n2c3ccccc3c3ccc4c5cccc(-c6ccccc6)c5oc4c32)nc1-c1ccccc1. The highest BCUT2D eigenvalue weighted by Gasteiger charge is 2.27. The summed E-state index contributed by atoms with van der Waals surface area (Å²) in [6, 6.07) is 77.8. The first-order valence-electron chi connectivity index (χ1n) is 21.4. The molecule has 5 heteroatoms. The van der Waals surface area contributed by atoms with Crippen LogP contribution in [0.5, 0.6) is 0 Å². The highest BCUT2D eigenvalue weighted by atomic mass is 16.3. The fourth-order valence-corrected chi connectivity index (χ4v) is 9.36. The number of fused-ring (bicyclic) bond motifs is 7. The molecule has 0 radical (unpaired) electrons. The van der Waals surface area contributed by atoms with Crippen molar-refractivity contribution in [2.75, 3.05) is 0 Å². The second-order valence-electron chi connectivity index (χ2n) is 16.0. The Bertz CT molecular complexity index is 3700. The van der Waals surface area contributed by atoms with Crippen molar-refractivity contribution in [2.24, 2.45) is 0 Å². The summed E-state index contributed by atoms with van der Waals surface area (Å²) in [4.78, 5) is 10.9. The quantitative estimate of drug-likeness (QED) is 0.161. The van der Waals surface area contributed by atoms with Crippen molar-refractivity contribution in [3.63, 3.8) is 0 Å². The zero-order chi connectivity index (χ0) is 42.6. The van der Waals surface area contributed by atoms with Crippen LogP contribution in [0, 0.1) is 11.3 Å². The number of benzene rings is 9. The van der Waals surface area contributed by atoms with E-state index in [1.807, 2.05) is 72.8 Å². The van der Waals surface area contributed by atoms with Crippen LogP contribution in [-0.4, -0.2) is 14.5 Å². The summed E-state index contributed by atoms with van der Waals surface area (Å²) in [6.07, 6.45) is 0. The summed E-state index contributed by atoms with van der Waals surface area (Å²) in [6.45, 7) is 0. The van der Waals surface area contributed by atoms with Crippen molar-refractivity contribution >= 4 is 43.7 Å². The zero-order valence-electron chi connectivity index (χ0n) is 34.5. The van der Waals surface area contributed by atoms with Gasteiger partial charge in [0.2, 0.25) is 0 Å². The topological polar surface area (TPSA) is 67.6 Å². The largest absolute Gasteiger partial charge is 0.453 e. The third kappa shape index (κ3) is 6.00. The Balaban J connectivity index is 1.28. The van der Waals surface area contributed by atoms with Crippen LogP contribution in [0.25, 0.3) is 117 Å². The van der Waals surface area contributed by atoms with Crippen LogP contribution >= 0.6 is 0 Å². The van der Waals surface area contributed by atoms with E-state index in [1.54, 1.807) is 0 Å². The molecule has 0 saturated carbocycles. The van der Waals surface area contributed by atoms with Crippen molar-refractivity contribution in [3.05, 3.63) is 224 Å². The van der Waals surface area contributed by atoms with Crippen LogP contribution in [0.2, 0.25) is 0 Å². The lowest BCUT2D eigenvalue weighted by Crippen LogP contribution is -2.06. The number of rotatable bonds is 7. The summed E-state index contributed by atoms with van der Waals surface area (Å²) < 4.78 is 9.59. The molecule has 0 amide bonds. The van der Waals surface area contributed by atoms with Crippen LogP contribution in [0.3, 0.4) is 0 Å². The van der Waals surface area contributed by atoms with Crippen molar-refractivity contribution < 1.29 is 4.42 Å². The molecule has 9 aromatic carbocycles. The molecule has 12 rings (SSSR count). The predicted molar refractivity (Wildman–Crippen MR) is 261 cm³/mol. The summed E-state index contributed by atoms with van der Waals surface area (Å²) in [5, 5.41) is 15.2. The fourth-order valence-electron chi connectivity index (χ4n) is 9.36. The van der Waals surface area contributed by atoms with Crippen molar-refractivity contribution in [1.29, 1.82) is 5.26 Å². The van der Waals surface area contributed by atoms with Crippen LogP contribution in [0.4, 0.5) is 0 Å². The van der Waals surface area contributed by atoms with Crippen molar-refractivity contribution in [2.45, 2.75) is 0 Å². The maximum absolute atomic E-state index is 10.9. The molecule has 0 aliphatic rings. The first-order chi connectivity index (χ1) is 31.7. The van der Waals surface area contributed by atoms with Gasteiger partial charge in [-0.25, -0.2) is 9.97 Å². The molecule has 0 aliphatic heterocycles. The highest BCUT2D eigenvalue weighted by molar-refractivity contribution is 6.23. The molecule has 0 spiro atoms. The molecular weight excluding hydrogens is 781 g/mol. The summed E-state index contributed by atoms with van der Waals surface area (Å²) in [5.74, 6) is 0.496. The monoisotopic (exact) mass is 816 g/mol. The molecule has 298 valence electrons. The standard InChI is InChI=1S/C59H36N4O/c60-37-51-53(41-25-12-4-13-26-41)61-59(62-54(51)42-27-14-5-15-28-42)50-36-43(38-19-6-1-7-20-38)35-49(40-23-10-3-11-24-40)55(50)63-52-32-17-16-29-45(52)46-33-34-48-47-31-18-30-44(39-21-8-2-9-22-39)57(47)64-58(48)56(46)63/h1-36H. The van der Waals surface area contributed by atoms with Gasteiger partial charge in [0.05, 0.1) is 28.1 Å². The van der Waals surface area contributed by atoms with Gasteiger partial charge in [0.15, 0.2) is 11.4 Å². The number of hydrogen-bond donors (Lipinski definition) is 0. The number of para-hydroxylation sites is 2. The summed E-state index contributed by atoms with van der Waals surface area (Å²) in [7, 11) is 0. The fraction of sp³-hybridized carbons (Fsp3) is 0. The van der Waals surface area contributed by atoms with Gasteiger partial charge in [0.25, 0.3) is 0 Å². The lowest BCUT2D eigenvalue weighted by atomic mass is 9.92. The van der Waals surface area contributed by atoms with Crippen molar-refractivity contribution in [1.82, 2.24) is 14.5 Å².